The van der Waals surface area contributed by atoms with Gasteiger partial charge in [-0.1, -0.05) is 0 Å². The summed E-state index contributed by atoms with van der Waals surface area (Å²) in [4.78, 5) is 15.7. The number of anilines is 1. The number of imidazole rings is 1. The quantitative estimate of drug-likeness (QED) is 0.821. The summed E-state index contributed by atoms with van der Waals surface area (Å²) >= 11 is 0. The van der Waals surface area contributed by atoms with Crippen LogP contribution in [0.2, 0.25) is 0 Å². The number of nitrogens with two attached hydrogens (primary N) is 1. The highest BCUT2D eigenvalue weighted by molar-refractivity contribution is 5.92. The molecule has 2 heterocycles. The number of esters is 1. The van der Waals surface area contributed by atoms with E-state index in [0.717, 1.165) is 19.4 Å². The molecular weight excluding hydrogens is 234 g/mol. The summed E-state index contributed by atoms with van der Waals surface area (Å²) in [7, 11) is 1.32. The highest BCUT2D eigenvalue weighted by atomic mass is 16.5. The lowest BCUT2D eigenvalue weighted by Gasteiger charge is -2.22. The Morgan fingerprint density at radius 3 is 2.94 bits per heavy atom. The van der Waals surface area contributed by atoms with Gasteiger partial charge in [0.05, 0.1) is 19.3 Å². The molecule has 2 atom stereocenters. The third-order valence-corrected chi connectivity index (χ3v) is 3.41. The number of carbonyl (C=O) groups excluding carboxylic acids is 1. The number of nitrogen functional groups attached to an aromatic ring is 1. The first-order valence-corrected chi connectivity index (χ1v) is 6.10. The standard InChI is InChI=1S/C12H19N3O3/c1-7(9-5-4-6-18-9)15-8(2)14-10(11(15)13)12(16)17-3/h7,9H,4-6,13H2,1-3H3. The van der Waals surface area contributed by atoms with E-state index in [-0.39, 0.29) is 17.8 Å². The first-order valence-electron chi connectivity index (χ1n) is 6.10. The highest BCUT2D eigenvalue weighted by Crippen LogP contribution is 2.29. The van der Waals surface area contributed by atoms with Crippen LogP contribution in [0.4, 0.5) is 5.82 Å². The van der Waals surface area contributed by atoms with Crippen molar-refractivity contribution in [2.45, 2.75) is 38.8 Å². The van der Waals surface area contributed by atoms with Crippen molar-refractivity contribution in [2.24, 2.45) is 0 Å². The van der Waals surface area contributed by atoms with E-state index >= 15 is 0 Å². The van der Waals surface area contributed by atoms with Crippen LogP contribution in [0.5, 0.6) is 0 Å². The van der Waals surface area contributed by atoms with E-state index in [4.69, 9.17) is 10.5 Å². The van der Waals surface area contributed by atoms with Gasteiger partial charge in [-0.2, -0.15) is 0 Å². The molecule has 0 spiro atoms. The van der Waals surface area contributed by atoms with Crippen LogP contribution in [0.1, 0.15) is 42.1 Å². The number of aromatic nitrogens is 2. The smallest absolute Gasteiger partial charge is 0.360 e. The van der Waals surface area contributed by atoms with Crippen LogP contribution in [0.3, 0.4) is 0 Å². The summed E-state index contributed by atoms with van der Waals surface area (Å²) in [5.41, 5.74) is 6.17. The van der Waals surface area contributed by atoms with Crippen molar-refractivity contribution in [3.63, 3.8) is 0 Å². The van der Waals surface area contributed by atoms with Crippen LogP contribution in [0, 0.1) is 6.92 Å². The predicted molar refractivity (Wildman–Crippen MR) is 66.4 cm³/mol. The highest BCUT2D eigenvalue weighted by Gasteiger charge is 2.28. The molecule has 1 saturated heterocycles. The monoisotopic (exact) mass is 253 g/mol. The molecule has 2 rings (SSSR count). The minimum atomic E-state index is -0.506. The maximum atomic E-state index is 11.5. The Bertz CT molecular complexity index is 450. The van der Waals surface area contributed by atoms with Gasteiger partial charge in [-0.25, -0.2) is 9.78 Å². The van der Waals surface area contributed by atoms with Gasteiger partial charge in [0.25, 0.3) is 0 Å². The van der Waals surface area contributed by atoms with E-state index in [1.54, 1.807) is 0 Å². The van der Waals surface area contributed by atoms with Crippen molar-refractivity contribution < 1.29 is 14.3 Å². The molecule has 1 aliphatic rings. The van der Waals surface area contributed by atoms with Crippen LogP contribution in [-0.2, 0) is 9.47 Å². The molecule has 100 valence electrons. The number of methoxy groups -OCH3 is 1. The van der Waals surface area contributed by atoms with Crippen LogP contribution < -0.4 is 5.73 Å². The lowest BCUT2D eigenvalue weighted by atomic mass is 10.1. The summed E-state index contributed by atoms with van der Waals surface area (Å²) in [5.74, 6) is 0.548. The van der Waals surface area contributed by atoms with Gasteiger partial charge in [0, 0.05) is 6.61 Å². The minimum absolute atomic E-state index is 0.0680. The number of rotatable bonds is 3. The lowest BCUT2D eigenvalue weighted by Crippen LogP contribution is -2.23. The Labute approximate surface area is 106 Å². The van der Waals surface area contributed by atoms with E-state index in [9.17, 15) is 4.79 Å². The number of hydrogen-bond donors (Lipinski definition) is 1. The van der Waals surface area contributed by atoms with Crippen molar-refractivity contribution in [1.29, 1.82) is 0 Å². The molecule has 0 bridgehead atoms. The van der Waals surface area contributed by atoms with Crippen molar-refractivity contribution in [3.05, 3.63) is 11.5 Å². The van der Waals surface area contributed by atoms with Crippen LogP contribution >= 0.6 is 0 Å². The molecular formula is C12H19N3O3. The van der Waals surface area contributed by atoms with Crippen molar-refractivity contribution in [3.8, 4) is 0 Å². The molecule has 2 N–H and O–H groups in total. The Hall–Kier alpha value is -1.56. The third kappa shape index (κ3) is 2.08. The fourth-order valence-electron chi connectivity index (χ4n) is 2.47. The fourth-order valence-corrected chi connectivity index (χ4v) is 2.47. The van der Waals surface area contributed by atoms with E-state index in [1.165, 1.54) is 7.11 Å². The average Bonchev–Trinajstić information content (AvgIpc) is 2.96. The second-order valence-corrected chi connectivity index (χ2v) is 4.55. The van der Waals surface area contributed by atoms with Gasteiger partial charge >= 0.3 is 5.97 Å². The third-order valence-electron chi connectivity index (χ3n) is 3.41. The van der Waals surface area contributed by atoms with Gasteiger partial charge in [-0.15, -0.1) is 0 Å². The molecule has 1 aromatic heterocycles. The van der Waals surface area contributed by atoms with Crippen LogP contribution in [0.25, 0.3) is 0 Å². The number of nitrogens with zero attached hydrogens (tertiary/aromatic N) is 2. The van der Waals surface area contributed by atoms with Gasteiger partial charge in [0.1, 0.15) is 11.6 Å². The maximum Gasteiger partial charge on any atom is 0.360 e. The summed E-state index contributed by atoms with van der Waals surface area (Å²) in [6.07, 6.45) is 2.20. The van der Waals surface area contributed by atoms with E-state index in [2.05, 4.69) is 9.72 Å². The molecule has 6 nitrogen and oxygen atoms in total. The normalized spacial score (nSPS) is 20.9. The Morgan fingerprint density at radius 1 is 1.67 bits per heavy atom. The lowest BCUT2D eigenvalue weighted by molar-refractivity contribution is 0.0594. The summed E-state index contributed by atoms with van der Waals surface area (Å²) in [5, 5.41) is 0. The van der Waals surface area contributed by atoms with Gasteiger partial charge in [0.15, 0.2) is 5.69 Å². The zero-order chi connectivity index (χ0) is 13.3. The van der Waals surface area contributed by atoms with Gasteiger partial charge in [-0.05, 0) is 26.7 Å². The molecule has 1 fully saturated rings. The zero-order valence-electron chi connectivity index (χ0n) is 11.0. The Kier molecular flexibility index (Phi) is 3.56. The number of carbonyl (C=O) groups is 1. The maximum absolute atomic E-state index is 11.5. The second-order valence-electron chi connectivity index (χ2n) is 4.55. The van der Waals surface area contributed by atoms with E-state index < -0.39 is 5.97 Å². The molecule has 1 aromatic rings. The summed E-state index contributed by atoms with van der Waals surface area (Å²) in [6.45, 7) is 4.64. The van der Waals surface area contributed by atoms with Crippen molar-refractivity contribution in [2.75, 3.05) is 19.5 Å². The summed E-state index contributed by atoms with van der Waals surface area (Å²) in [6, 6.07) is 0.0680. The SMILES string of the molecule is COC(=O)c1nc(C)n(C(C)C2CCCO2)c1N. The molecule has 0 amide bonds. The molecule has 2 unspecified atom stereocenters. The van der Waals surface area contributed by atoms with Crippen LogP contribution in [0.15, 0.2) is 0 Å². The van der Waals surface area contributed by atoms with Crippen LogP contribution in [-0.4, -0.2) is 35.3 Å². The largest absolute Gasteiger partial charge is 0.464 e. The molecule has 6 heteroatoms. The Morgan fingerprint density at radius 2 is 2.39 bits per heavy atom. The molecule has 1 aliphatic heterocycles. The molecule has 18 heavy (non-hydrogen) atoms. The topological polar surface area (TPSA) is 79.4 Å². The van der Waals surface area contributed by atoms with Gasteiger partial charge in [0.2, 0.25) is 0 Å². The van der Waals surface area contributed by atoms with E-state index in [1.807, 2.05) is 18.4 Å². The number of hydrogen-bond acceptors (Lipinski definition) is 5. The van der Waals surface area contributed by atoms with Gasteiger partial charge in [-0.3, -0.25) is 0 Å². The van der Waals surface area contributed by atoms with E-state index in [0.29, 0.717) is 11.6 Å². The second kappa shape index (κ2) is 4.97. The summed E-state index contributed by atoms with van der Waals surface area (Å²) < 4.78 is 12.2. The molecule has 0 saturated carbocycles. The average molecular weight is 253 g/mol. The molecule has 0 radical (unpaired) electrons. The zero-order valence-corrected chi connectivity index (χ0v) is 11.0. The Balaban J connectivity index is 2.32. The number of ether oxygens (including phenoxy) is 2. The number of aryl methyl sites for hydroxylation is 1. The predicted octanol–water partition coefficient (Wildman–Crippen LogP) is 1.30. The van der Waals surface area contributed by atoms with Gasteiger partial charge < -0.3 is 19.8 Å². The molecule has 0 aliphatic carbocycles. The van der Waals surface area contributed by atoms with Crippen molar-refractivity contribution >= 4 is 11.8 Å². The first kappa shape index (κ1) is 12.9. The first-order chi connectivity index (χ1) is 8.56. The van der Waals surface area contributed by atoms with Crippen molar-refractivity contribution in [1.82, 2.24) is 9.55 Å². The fraction of sp³-hybridized carbons (Fsp3) is 0.667. The minimum Gasteiger partial charge on any atom is -0.464 e. The molecule has 0 aromatic carbocycles.